The van der Waals surface area contributed by atoms with Crippen molar-refractivity contribution in [2.45, 2.75) is 25.3 Å². The first-order valence-electron chi connectivity index (χ1n) is 6.53. The van der Waals surface area contributed by atoms with E-state index in [9.17, 15) is 13.6 Å². The topological polar surface area (TPSA) is 41.1 Å². The molecule has 0 saturated carbocycles. The molecular weight excluding hydrogens is 286 g/mol. The zero-order valence-corrected chi connectivity index (χ0v) is 11.9. The Morgan fingerprint density at radius 2 is 2.05 bits per heavy atom. The van der Waals surface area contributed by atoms with E-state index in [4.69, 9.17) is 0 Å². The standard InChI is InChI=1S/C14H18F2N2O.ClH/c15-8-13(19)18-9-11-2-1-3-12(14(11)16)10-4-6-17-7-5-10;/h1-3,10,17H,4-9H2,(H,18,19);1H. The molecule has 1 amide bonds. The Kier molecular flexibility index (Phi) is 6.88. The van der Waals surface area contributed by atoms with Crippen molar-refractivity contribution in [1.82, 2.24) is 10.6 Å². The Labute approximate surface area is 123 Å². The Morgan fingerprint density at radius 1 is 1.35 bits per heavy atom. The summed E-state index contributed by atoms with van der Waals surface area (Å²) in [5.41, 5.74) is 1.12. The molecule has 3 nitrogen and oxygen atoms in total. The van der Waals surface area contributed by atoms with Crippen molar-refractivity contribution in [1.29, 1.82) is 0 Å². The summed E-state index contributed by atoms with van der Waals surface area (Å²) in [6.45, 7) is 0.753. The van der Waals surface area contributed by atoms with Crippen LogP contribution in [0, 0.1) is 5.82 Å². The van der Waals surface area contributed by atoms with E-state index in [-0.39, 0.29) is 30.7 Å². The van der Waals surface area contributed by atoms with Gasteiger partial charge in [-0.15, -0.1) is 12.4 Å². The first-order valence-corrected chi connectivity index (χ1v) is 6.53. The molecule has 1 aromatic rings. The summed E-state index contributed by atoms with van der Waals surface area (Å²) in [7, 11) is 0. The first kappa shape index (κ1) is 16.9. The van der Waals surface area contributed by atoms with E-state index < -0.39 is 12.6 Å². The van der Waals surface area contributed by atoms with Gasteiger partial charge < -0.3 is 10.6 Å². The van der Waals surface area contributed by atoms with Crippen LogP contribution in [0.1, 0.15) is 29.9 Å². The number of hydrogen-bond donors (Lipinski definition) is 2. The van der Waals surface area contributed by atoms with Gasteiger partial charge in [-0.2, -0.15) is 0 Å². The largest absolute Gasteiger partial charge is 0.350 e. The van der Waals surface area contributed by atoms with Crippen LogP contribution in [-0.2, 0) is 11.3 Å². The number of benzene rings is 1. The fraction of sp³-hybridized carbons (Fsp3) is 0.500. The molecule has 1 aromatic carbocycles. The Bertz CT molecular complexity index is 451. The zero-order valence-electron chi connectivity index (χ0n) is 11.1. The van der Waals surface area contributed by atoms with E-state index in [1.807, 2.05) is 0 Å². The molecule has 0 atom stereocenters. The predicted molar refractivity (Wildman–Crippen MR) is 76.3 cm³/mol. The van der Waals surface area contributed by atoms with Gasteiger partial charge in [0.25, 0.3) is 5.91 Å². The number of halogens is 3. The van der Waals surface area contributed by atoms with Gasteiger partial charge in [0.05, 0.1) is 0 Å². The predicted octanol–water partition coefficient (Wildman–Crippen LogP) is 2.30. The molecular formula is C14H19ClF2N2O. The number of carbonyl (C=O) groups excluding carboxylic acids is 1. The summed E-state index contributed by atoms with van der Waals surface area (Å²) in [5, 5.41) is 5.60. The minimum absolute atomic E-state index is 0. The molecule has 1 saturated heterocycles. The first-order chi connectivity index (χ1) is 9.22. The molecule has 1 aliphatic rings. The maximum atomic E-state index is 14.3. The maximum absolute atomic E-state index is 14.3. The van der Waals surface area contributed by atoms with Crippen LogP contribution in [0.4, 0.5) is 8.78 Å². The molecule has 0 aliphatic carbocycles. The van der Waals surface area contributed by atoms with Crippen LogP contribution >= 0.6 is 12.4 Å². The normalized spacial score (nSPS) is 15.5. The number of alkyl halides is 1. The van der Waals surface area contributed by atoms with Crippen molar-refractivity contribution < 1.29 is 13.6 Å². The van der Waals surface area contributed by atoms with Crippen molar-refractivity contribution in [3.05, 3.63) is 35.1 Å². The van der Waals surface area contributed by atoms with Crippen molar-refractivity contribution in [3.8, 4) is 0 Å². The van der Waals surface area contributed by atoms with Crippen molar-refractivity contribution in [2.24, 2.45) is 0 Å². The number of piperidine rings is 1. The van der Waals surface area contributed by atoms with Gasteiger partial charge >= 0.3 is 0 Å². The Hall–Kier alpha value is -1.20. The summed E-state index contributed by atoms with van der Waals surface area (Å²) >= 11 is 0. The van der Waals surface area contributed by atoms with Crippen LogP contribution in [0.3, 0.4) is 0 Å². The van der Waals surface area contributed by atoms with Crippen LogP contribution < -0.4 is 10.6 Å². The number of amides is 1. The minimum atomic E-state index is -1.07. The molecule has 0 aromatic heterocycles. The van der Waals surface area contributed by atoms with E-state index in [1.54, 1.807) is 18.2 Å². The molecule has 112 valence electrons. The van der Waals surface area contributed by atoms with E-state index >= 15 is 0 Å². The highest BCUT2D eigenvalue weighted by Gasteiger charge is 2.20. The lowest BCUT2D eigenvalue weighted by molar-refractivity contribution is -0.122. The van der Waals surface area contributed by atoms with Gasteiger partial charge in [0.2, 0.25) is 0 Å². The van der Waals surface area contributed by atoms with Gasteiger partial charge in [-0.3, -0.25) is 4.79 Å². The van der Waals surface area contributed by atoms with E-state index in [1.165, 1.54) is 0 Å². The van der Waals surface area contributed by atoms with Crippen LogP contribution in [0.25, 0.3) is 0 Å². The second-order valence-electron chi connectivity index (χ2n) is 4.75. The van der Waals surface area contributed by atoms with Gasteiger partial charge in [0.1, 0.15) is 5.82 Å². The molecule has 1 aliphatic heterocycles. The van der Waals surface area contributed by atoms with Crippen molar-refractivity contribution in [2.75, 3.05) is 19.8 Å². The number of nitrogens with one attached hydrogen (secondary N) is 2. The van der Waals surface area contributed by atoms with Crippen molar-refractivity contribution in [3.63, 3.8) is 0 Å². The molecule has 2 rings (SSSR count). The average Bonchev–Trinajstić information content (AvgIpc) is 2.46. The molecule has 6 heteroatoms. The minimum Gasteiger partial charge on any atom is -0.350 e. The zero-order chi connectivity index (χ0) is 13.7. The molecule has 1 heterocycles. The molecule has 0 bridgehead atoms. The van der Waals surface area contributed by atoms with Crippen molar-refractivity contribution >= 4 is 18.3 Å². The third kappa shape index (κ3) is 4.15. The van der Waals surface area contributed by atoms with Crippen LogP contribution in [0.2, 0.25) is 0 Å². The van der Waals surface area contributed by atoms with Crippen LogP contribution in [-0.4, -0.2) is 25.7 Å². The molecule has 20 heavy (non-hydrogen) atoms. The van der Waals surface area contributed by atoms with Gasteiger partial charge in [0.15, 0.2) is 6.67 Å². The van der Waals surface area contributed by atoms with Gasteiger partial charge in [0, 0.05) is 12.1 Å². The van der Waals surface area contributed by atoms with Gasteiger partial charge in [-0.25, -0.2) is 8.78 Å². The van der Waals surface area contributed by atoms with Crippen LogP contribution in [0.5, 0.6) is 0 Å². The van der Waals surface area contributed by atoms with Gasteiger partial charge in [-0.05, 0) is 37.4 Å². The SMILES string of the molecule is Cl.O=C(CF)NCc1cccc(C2CCNCC2)c1F. The second kappa shape index (κ2) is 8.17. The lowest BCUT2D eigenvalue weighted by Crippen LogP contribution is -2.28. The van der Waals surface area contributed by atoms with E-state index in [2.05, 4.69) is 10.6 Å². The lowest BCUT2D eigenvalue weighted by Gasteiger charge is -2.24. The maximum Gasteiger partial charge on any atom is 0.251 e. The fourth-order valence-electron chi connectivity index (χ4n) is 2.43. The Morgan fingerprint density at radius 3 is 2.70 bits per heavy atom. The summed E-state index contributed by atoms with van der Waals surface area (Å²) < 4.78 is 26.4. The highest BCUT2D eigenvalue weighted by atomic mass is 35.5. The summed E-state index contributed by atoms with van der Waals surface area (Å²) in [6, 6.07) is 5.21. The molecule has 2 N–H and O–H groups in total. The molecule has 1 fully saturated rings. The number of hydrogen-bond acceptors (Lipinski definition) is 2. The Balaban J connectivity index is 0.00000200. The summed E-state index contributed by atoms with van der Waals surface area (Å²) in [5.74, 6) is -0.765. The molecule has 0 radical (unpaired) electrons. The number of carbonyl (C=O) groups is 1. The summed E-state index contributed by atoms with van der Waals surface area (Å²) in [6.07, 6.45) is 1.83. The quantitative estimate of drug-likeness (QED) is 0.896. The van der Waals surface area contributed by atoms with Crippen LogP contribution in [0.15, 0.2) is 18.2 Å². The number of rotatable bonds is 4. The van der Waals surface area contributed by atoms with E-state index in [0.717, 1.165) is 25.9 Å². The highest BCUT2D eigenvalue weighted by Crippen LogP contribution is 2.28. The van der Waals surface area contributed by atoms with E-state index in [0.29, 0.717) is 11.1 Å². The average molecular weight is 305 g/mol. The smallest absolute Gasteiger partial charge is 0.251 e. The lowest BCUT2D eigenvalue weighted by atomic mass is 9.89. The molecule has 0 spiro atoms. The summed E-state index contributed by atoms with van der Waals surface area (Å²) in [4.78, 5) is 10.9. The third-order valence-electron chi connectivity index (χ3n) is 3.48. The molecule has 0 unspecified atom stereocenters. The fourth-order valence-corrected chi connectivity index (χ4v) is 2.43. The highest BCUT2D eigenvalue weighted by molar-refractivity contribution is 5.85. The second-order valence-corrected chi connectivity index (χ2v) is 4.75. The van der Waals surface area contributed by atoms with Gasteiger partial charge in [-0.1, -0.05) is 18.2 Å². The third-order valence-corrected chi connectivity index (χ3v) is 3.48. The monoisotopic (exact) mass is 304 g/mol.